The minimum atomic E-state index is -0.365. The lowest BCUT2D eigenvalue weighted by molar-refractivity contribution is 0.147. The summed E-state index contributed by atoms with van der Waals surface area (Å²) in [5.41, 5.74) is 0. The third-order valence-electron chi connectivity index (χ3n) is 4.58. The Kier molecular flexibility index (Phi) is 11.1. The van der Waals surface area contributed by atoms with Crippen LogP contribution in [0.4, 0.5) is 4.79 Å². The number of alkyl carbamates (subject to hydrolysis) is 1. The monoisotopic (exact) mass is 369 g/mol. The summed E-state index contributed by atoms with van der Waals surface area (Å²) >= 11 is 0. The molecule has 0 aromatic carbocycles. The van der Waals surface area contributed by atoms with Crippen LogP contribution in [-0.4, -0.2) is 68.4 Å². The van der Waals surface area contributed by atoms with Crippen molar-refractivity contribution in [3.8, 4) is 0 Å². The Balaban J connectivity index is 2.60. The highest BCUT2D eigenvalue weighted by molar-refractivity contribution is 5.79. The van der Waals surface area contributed by atoms with Crippen molar-refractivity contribution in [3.63, 3.8) is 0 Å². The van der Waals surface area contributed by atoms with Gasteiger partial charge in [0.25, 0.3) is 0 Å². The fourth-order valence-electron chi connectivity index (χ4n) is 3.39. The number of hydrogen-bond acceptors (Lipinski definition) is 4. The zero-order valence-electron chi connectivity index (χ0n) is 17.3. The summed E-state index contributed by atoms with van der Waals surface area (Å²) in [7, 11) is 0. The van der Waals surface area contributed by atoms with E-state index in [1.165, 1.54) is 19.4 Å². The van der Waals surface area contributed by atoms with Gasteiger partial charge in [0.15, 0.2) is 5.96 Å². The predicted octanol–water partition coefficient (Wildman–Crippen LogP) is 2.19. The summed E-state index contributed by atoms with van der Waals surface area (Å²) in [5, 5.41) is 9.70. The van der Waals surface area contributed by atoms with Gasteiger partial charge in [-0.25, -0.2) is 4.79 Å². The molecule has 0 saturated carbocycles. The number of ether oxygens (including phenoxy) is 1. The molecular weight excluding hydrogens is 330 g/mol. The second-order valence-electron chi connectivity index (χ2n) is 7.22. The van der Waals surface area contributed by atoms with Crippen molar-refractivity contribution >= 4 is 12.1 Å². The second-order valence-corrected chi connectivity index (χ2v) is 7.22. The Morgan fingerprint density at radius 2 is 2.04 bits per heavy atom. The zero-order chi connectivity index (χ0) is 19.4. The van der Waals surface area contributed by atoms with Crippen molar-refractivity contribution in [2.75, 3.05) is 39.3 Å². The van der Waals surface area contributed by atoms with E-state index in [0.717, 1.165) is 32.0 Å². The maximum Gasteiger partial charge on any atom is 0.407 e. The van der Waals surface area contributed by atoms with Gasteiger partial charge in [0, 0.05) is 19.1 Å². The van der Waals surface area contributed by atoms with Crippen LogP contribution in [0, 0.1) is 5.92 Å². The van der Waals surface area contributed by atoms with Crippen molar-refractivity contribution in [1.29, 1.82) is 0 Å². The van der Waals surface area contributed by atoms with E-state index in [-0.39, 0.29) is 12.1 Å². The Morgan fingerprint density at radius 3 is 2.65 bits per heavy atom. The van der Waals surface area contributed by atoms with Crippen LogP contribution in [0.25, 0.3) is 0 Å². The Morgan fingerprint density at radius 1 is 1.27 bits per heavy atom. The Hall–Kier alpha value is -1.50. The van der Waals surface area contributed by atoms with Gasteiger partial charge in [-0.05, 0) is 52.1 Å². The first kappa shape index (κ1) is 22.5. The van der Waals surface area contributed by atoms with Gasteiger partial charge in [0.05, 0.1) is 19.2 Å². The first-order valence-corrected chi connectivity index (χ1v) is 10.2. The SMILES string of the molecule is CCNC(=NCC(CC(C)C)NC(=O)OCC)NCC1CCCN1CC. The number of aliphatic imine (C=N–C) groups is 1. The van der Waals surface area contributed by atoms with Crippen LogP contribution in [0.1, 0.15) is 53.9 Å². The highest BCUT2D eigenvalue weighted by atomic mass is 16.5. The van der Waals surface area contributed by atoms with Crippen molar-refractivity contribution in [3.05, 3.63) is 0 Å². The maximum absolute atomic E-state index is 11.8. The third kappa shape index (κ3) is 8.74. The van der Waals surface area contributed by atoms with Crippen molar-refractivity contribution < 1.29 is 9.53 Å². The molecule has 152 valence electrons. The Labute approximate surface area is 159 Å². The molecule has 1 amide bonds. The van der Waals surface area contributed by atoms with E-state index in [1.54, 1.807) is 0 Å². The van der Waals surface area contributed by atoms with Crippen LogP contribution in [0.5, 0.6) is 0 Å². The molecule has 0 spiro atoms. The molecule has 0 radical (unpaired) electrons. The number of nitrogens with one attached hydrogen (secondary N) is 3. The van der Waals surface area contributed by atoms with Crippen LogP contribution in [0.15, 0.2) is 4.99 Å². The first-order chi connectivity index (χ1) is 12.5. The van der Waals surface area contributed by atoms with Crippen LogP contribution < -0.4 is 16.0 Å². The lowest BCUT2D eigenvalue weighted by Gasteiger charge is -2.24. The molecule has 1 aliphatic heterocycles. The molecule has 2 atom stereocenters. The number of likely N-dealkylation sites (tertiary alicyclic amines) is 1. The zero-order valence-corrected chi connectivity index (χ0v) is 17.3. The molecular formula is C19H39N5O2. The number of rotatable bonds is 10. The fraction of sp³-hybridized carbons (Fsp3) is 0.895. The van der Waals surface area contributed by atoms with Gasteiger partial charge in [-0.1, -0.05) is 20.8 Å². The van der Waals surface area contributed by atoms with Crippen LogP contribution in [0.3, 0.4) is 0 Å². The number of nitrogens with zero attached hydrogens (tertiary/aromatic N) is 2. The molecule has 26 heavy (non-hydrogen) atoms. The van der Waals surface area contributed by atoms with Crippen LogP contribution >= 0.6 is 0 Å². The normalized spacial score (nSPS) is 19.5. The van der Waals surface area contributed by atoms with Crippen molar-refractivity contribution in [2.24, 2.45) is 10.9 Å². The van der Waals surface area contributed by atoms with Crippen molar-refractivity contribution in [2.45, 2.75) is 66.0 Å². The summed E-state index contributed by atoms with van der Waals surface area (Å²) in [6, 6.07) is 0.552. The average Bonchev–Trinajstić information content (AvgIpc) is 3.04. The summed E-state index contributed by atoms with van der Waals surface area (Å²) in [6.07, 6.45) is 3.01. The first-order valence-electron chi connectivity index (χ1n) is 10.2. The van der Waals surface area contributed by atoms with Crippen LogP contribution in [-0.2, 0) is 4.74 Å². The van der Waals surface area contributed by atoms with Crippen molar-refractivity contribution in [1.82, 2.24) is 20.9 Å². The standard InChI is InChI=1S/C19H39N5O2/c1-6-20-18(22-14-17-10-9-11-24(17)7-2)21-13-16(12-15(4)5)23-19(25)26-8-3/h15-17H,6-14H2,1-5H3,(H,23,25)(H2,20,21,22). The maximum atomic E-state index is 11.8. The topological polar surface area (TPSA) is 78.0 Å². The van der Waals surface area contributed by atoms with Gasteiger partial charge in [-0.3, -0.25) is 9.89 Å². The largest absolute Gasteiger partial charge is 0.450 e. The van der Waals surface area contributed by atoms with Gasteiger partial charge in [0.2, 0.25) is 0 Å². The number of amides is 1. The predicted molar refractivity (Wildman–Crippen MR) is 108 cm³/mol. The summed E-state index contributed by atoms with van der Waals surface area (Å²) in [6.45, 7) is 15.3. The minimum Gasteiger partial charge on any atom is -0.450 e. The van der Waals surface area contributed by atoms with E-state index in [4.69, 9.17) is 9.73 Å². The van der Waals surface area contributed by atoms with E-state index in [1.807, 2.05) is 6.92 Å². The molecule has 1 aliphatic rings. The fourth-order valence-corrected chi connectivity index (χ4v) is 3.39. The van der Waals surface area contributed by atoms with Gasteiger partial charge in [-0.15, -0.1) is 0 Å². The van der Waals surface area contributed by atoms with Gasteiger partial charge in [0.1, 0.15) is 0 Å². The number of guanidine groups is 1. The van der Waals surface area contributed by atoms with E-state index < -0.39 is 0 Å². The van der Waals surface area contributed by atoms with E-state index in [2.05, 4.69) is 48.5 Å². The minimum absolute atomic E-state index is 0.0249. The number of carbonyl (C=O) groups is 1. The quantitative estimate of drug-likeness (QED) is 0.406. The molecule has 1 rings (SSSR count). The van der Waals surface area contributed by atoms with Crippen LogP contribution in [0.2, 0.25) is 0 Å². The van der Waals surface area contributed by atoms with E-state index >= 15 is 0 Å². The molecule has 0 aliphatic carbocycles. The number of likely N-dealkylation sites (N-methyl/N-ethyl adjacent to an activating group) is 1. The molecule has 1 saturated heterocycles. The number of hydrogen-bond donors (Lipinski definition) is 3. The lowest BCUT2D eigenvalue weighted by Crippen LogP contribution is -2.46. The highest BCUT2D eigenvalue weighted by Crippen LogP contribution is 2.15. The van der Waals surface area contributed by atoms with E-state index in [0.29, 0.717) is 25.1 Å². The Bertz CT molecular complexity index is 428. The third-order valence-corrected chi connectivity index (χ3v) is 4.58. The van der Waals surface area contributed by atoms with Gasteiger partial charge in [-0.2, -0.15) is 0 Å². The lowest BCUT2D eigenvalue weighted by atomic mass is 10.0. The molecule has 1 heterocycles. The summed E-state index contributed by atoms with van der Waals surface area (Å²) < 4.78 is 5.01. The molecule has 0 aromatic rings. The van der Waals surface area contributed by atoms with Gasteiger partial charge < -0.3 is 20.7 Å². The van der Waals surface area contributed by atoms with Gasteiger partial charge >= 0.3 is 6.09 Å². The molecule has 2 unspecified atom stereocenters. The number of carbonyl (C=O) groups excluding carboxylic acids is 1. The highest BCUT2D eigenvalue weighted by Gasteiger charge is 2.23. The molecule has 0 bridgehead atoms. The molecule has 0 aromatic heterocycles. The molecule has 7 heteroatoms. The second kappa shape index (κ2) is 12.8. The summed E-state index contributed by atoms with van der Waals surface area (Å²) in [4.78, 5) is 19.0. The average molecular weight is 370 g/mol. The summed E-state index contributed by atoms with van der Waals surface area (Å²) in [5.74, 6) is 1.29. The van der Waals surface area contributed by atoms with E-state index in [9.17, 15) is 4.79 Å². The smallest absolute Gasteiger partial charge is 0.407 e. The molecule has 1 fully saturated rings. The molecule has 3 N–H and O–H groups in total. The molecule has 7 nitrogen and oxygen atoms in total.